The summed E-state index contributed by atoms with van der Waals surface area (Å²) in [5.74, 6) is 0.829. The fraction of sp³-hybridized carbons (Fsp3) is 0.286. The molecule has 8 heteroatoms. The van der Waals surface area contributed by atoms with Crippen LogP contribution in [0.15, 0.2) is 47.6 Å². The highest BCUT2D eigenvalue weighted by Gasteiger charge is 2.10. The highest BCUT2D eigenvalue weighted by molar-refractivity contribution is 5.96. The van der Waals surface area contributed by atoms with Gasteiger partial charge in [0.25, 0.3) is 5.91 Å². The average Bonchev–Trinajstić information content (AvgIpc) is 2.74. The summed E-state index contributed by atoms with van der Waals surface area (Å²) < 4.78 is 10.4. The Labute approximate surface area is 170 Å². The van der Waals surface area contributed by atoms with Crippen LogP contribution in [0.3, 0.4) is 0 Å². The van der Waals surface area contributed by atoms with Crippen molar-refractivity contribution in [2.24, 2.45) is 5.10 Å². The van der Waals surface area contributed by atoms with E-state index in [1.807, 2.05) is 13.8 Å². The van der Waals surface area contributed by atoms with Gasteiger partial charge in [0.2, 0.25) is 0 Å². The maximum atomic E-state index is 12.2. The molecular formula is C21H26N4O4. The van der Waals surface area contributed by atoms with Gasteiger partial charge in [-0.2, -0.15) is 5.10 Å². The van der Waals surface area contributed by atoms with E-state index < -0.39 is 0 Å². The first-order valence-corrected chi connectivity index (χ1v) is 9.23. The molecule has 0 aliphatic rings. The van der Waals surface area contributed by atoms with Crippen LogP contribution in [0.5, 0.6) is 11.5 Å². The fourth-order valence-electron chi connectivity index (χ4n) is 2.58. The second-order valence-electron chi connectivity index (χ2n) is 5.99. The van der Waals surface area contributed by atoms with Gasteiger partial charge in [0, 0.05) is 24.3 Å². The van der Waals surface area contributed by atoms with Gasteiger partial charge in [-0.1, -0.05) is 0 Å². The van der Waals surface area contributed by atoms with E-state index in [9.17, 15) is 9.59 Å². The molecular weight excluding hydrogens is 372 g/mol. The molecule has 2 rings (SSSR count). The third-order valence-corrected chi connectivity index (χ3v) is 4.24. The van der Waals surface area contributed by atoms with Crippen LogP contribution >= 0.6 is 0 Å². The summed E-state index contributed by atoms with van der Waals surface area (Å²) in [7, 11) is 3.11. The smallest absolute Gasteiger partial charge is 0.321 e. The van der Waals surface area contributed by atoms with Crippen molar-refractivity contribution in [1.82, 2.24) is 10.3 Å². The number of hydrogen-bond acceptors (Lipinski definition) is 5. The normalized spacial score (nSPS) is 10.5. The van der Waals surface area contributed by atoms with Crippen LogP contribution in [0.4, 0.5) is 10.5 Å². The zero-order chi connectivity index (χ0) is 21.2. The minimum Gasteiger partial charge on any atom is -0.493 e. The Morgan fingerprint density at radius 3 is 2.24 bits per heavy atom. The second kappa shape index (κ2) is 10.7. The maximum Gasteiger partial charge on any atom is 0.321 e. The molecule has 0 aliphatic heterocycles. The lowest BCUT2D eigenvalue weighted by Crippen LogP contribution is -2.34. The highest BCUT2D eigenvalue weighted by atomic mass is 16.5. The average molecular weight is 398 g/mol. The Bertz CT molecular complexity index is 861. The highest BCUT2D eigenvalue weighted by Crippen LogP contribution is 2.26. The number of methoxy groups -OCH3 is 2. The van der Waals surface area contributed by atoms with E-state index in [4.69, 9.17) is 9.47 Å². The third kappa shape index (κ3) is 5.97. The summed E-state index contributed by atoms with van der Waals surface area (Å²) in [5.41, 5.74) is 4.26. The van der Waals surface area contributed by atoms with Crippen LogP contribution in [-0.2, 0) is 0 Å². The number of benzene rings is 2. The van der Waals surface area contributed by atoms with Crippen molar-refractivity contribution in [2.75, 3.05) is 32.6 Å². The molecule has 0 aromatic heterocycles. The zero-order valence-electron chi connectivity index (χ0n) is 17.1. The molecule has 3 amide bonds. The molecule has 2 aromatic carbocycles. The molecule has 0 bridgehead atoms. The van der Waals surface area contributed by atoms with Crippen molar-refractivity contribution < 1.29 is 19.1 Å². The lowest BCUT2D eigenvalue weighted by molar-refractivity contribution is 0.0955. The molecule has 154 valence electrons. The number of hydrazone groups is 1. The Balaban J connectivity index is 1.95. The van der Waals surface area contributed by atoms with Crippen LogP contribution < -0.4 is 20.2 Å². The Kier molecular flexibility index (Phi) is 8.02. The number of anilines is 1. The van der Waals surface area contributed by atoms with E-state index in [0.717, 1.165) is 5.56 Å². The predicted molar refractivity (Wildman–Crippen MR) is 113 cm³/mol. The number of carbonyl (C=O) groups excluding carboxylic acids is 2. The fourth-order valence-corrected chi connectivity index (χ4v) is 2.58. The maximum absolute atomic E-state index is 12.2. The van der Waals surface area contributed by atoms with Gasteiger partial charge in [-0.3, -0.25) is 4.79 Å². The van der Waals surface area contributed by atoms with Gasteiger partial charge < -0.3 is 19.7 Å². The van der Waals surface area contributed by atoms with Crippen LogP contribution in [0.25, 0.3) is 0 Å². The van der Waals surface area contributed by atoms with Gasteiger partial charge in [0.1, 0.15) is 0 Å². The summed E-state index contributed by atoms with van der Waals surface area (Å²) in [6, 6.07) is 11.7. The van der Waals surface area contributed by atoms with Crippen molar-refractivity contribution in [3.63, 3.8) is 0 Å². The Morgan fingerprint density at radius 1 is 1.00 bits per heavy atom. The van der Waals surface area contributed by atoms with E-state index >= 15 is 0 Å². The molecule has 0 saturated heterocycles. The van der Waals surface area contributed by atoms with Crippen LogP contribution in [-0.4, -0.2) is 50.4 Å². The monoisotopic (exact) mass is 398 g/mol. The van der Waals surface area contributed by atoms with Gasteiger partial charge in [-0.15, -0.1) is 0 Å². The van der Waals surface area contributed by atoms with Crippen molar-refractivity contribution in [2.45, 2.75) is 13.8 Å². The van der Waals surface area contributed by atoms with E-state index in [-0.39, 0.29) is 11.9 Å². The van der Waals surface area contributed by atoms with E-state index in [1.165, 1.54) is 6.21 Å². The Morgan fingerprint density at radius 2 is 1.66 bits per heavy atom. The van der Waals surface area contributed by atoms with Crippen molar-refractivity contribution in [3.8, 4) is 11.5 Å². The van der Waals surface area contributed by atoms with Crippen LogP contribution in [0.2, 0.25) is 0 Å². The second-order valence-corrected chi connectivity index (χ2v) is 5.99. The number of nitrogens with zero attached hydrogens (tertiary/aromatic N) is 2. The molecule has 8 nitrogen and oxygen atoms in total. The van der Waals surface area contributed by atoms with Crippen molar-refractivity contribution in [3.05, 3.63) is 53.6 Å². The topological polar surface area (TPSA) is 92.3 Å². The summed E-state index contributed by atoms with van der Waals surface area (Å²) in [5, 5.41) is 6.77. The number of amides is 3. The minimum absolute atomic E-state index is 0.174. The lowest BCUT2D eigenvalue weighted by atomic mass is 10.2. The zero-order valence-corrected chi connectivity index (χ0v) is 17.1. The summed E-state index contributed by atoms with van der Waals surface area (Å²) in [6.07, 6.45) is 1.51. The predicted octanol–water partition coefficient (Wildman–Crippen LogP) is 3.34. The van der Waals surface area contributed by atoms with Crippen molar-refractivity contribution in [1.29, 1.82) is 0 Å². The molecule has 0 heterocycles. The summed E-state index contributed by atoms with van der Waals surface area (Å²) in [4.78, 5) is 26.0. The van der Waals surface area contributed by atoms with E-state index in [0.29, 0.717) is 35.8 Å². The summed E-state index contributed by atoms with van der Waals surface area (Å²) >= 11 is 0. The number of nitrogens with one attached hydrogen (secondary N) is 2. The molecule has 2 aromatic rings. The van der Waals surface area contributed by atoms with Gasteiger partial charge in [0.05, 0.1) is 20.4 Å². The number of carbonyl (C=O) groups is 2. The standard InChI is InChI=1S/C21H26N4O4/c1-5-25(6-2)21(27)23-17-10-8-16(9-11-17)20(26)24-22-14-15-7-12-18(28-3)19(13-15)29-4/h7-14H,5-6H2,1-4H3,(H,23,27)(H,24,26)/b22-14+. The third-order valence-electron chi connectivity index (χ3n) is 4.24. The first-order chi connectivity index (χ1) is 14.0. The molecule has 0 spiro atoms. The molecule has 0 fully saturated rings. The molecule has 0 unspecified atom stereocenters. The van der Waals surface area contributed by atoms with Gasteiger partial charge in [0.15, 0.2) is 11.5 Å². The number of ether oxygens (including phenoxy) is 2. The van der Waals surface area contributed by atoms with Crippen LogP contribution in [0.1, 0.15) is 29.8 Å². The quantitative estimate of drug-likeness (QED) is 0.527. The van der Waals surface area contributed by atoms with E-state index in [2.05, 4.69) is 15.8 Å². The minimum atomic E-state index is -0.358. The molecule has 0 aliphatic carbocycles. The molecule has 0 saturated carbocycles. The first kappa shape index (κ1) is 21.7. The van der Waals surface area contributed by atoms with E-state index in [1.54, 1.807) is 61.6 Å². The molecule has 2 N–H and O–H groups in total. The number of urea groups is 1. The van der Waals surface area contributed by atoms with Gasteiger partial charge in [-0.25, -0.2) is 10.2 Å². The first-order valence-electron chi connectivity index (χ1n) is 9.23. The molecule has 0 radical (unpaired) electrons. The SMILES string of the molecule is CCN(CC)C(=O)Nc1ccc(C(=O)N/N=C/c2ccc(OC)c(OC)c2)cc1. The molecule has 29 heavy (non-hydrogen) atoms. The number of rotatable bonds is 8. The lowest BCUT2D eigenvalue weighted by Gasteiger charge is -2.19. The molecule has 0 atom stereocenters. The van der Waals surface area contributed by atoms with Crippen molar-refractivity contribution >= 4 is 23.8 Å². The number of hydrogen-bond donors (Lipinski definition) is 2. The van der Waals surface area contributed by atoms with Crippen LogP contribution in [0, 0.1) is 0 Å². The van der Waals surface area contributed by atoms with Gasteiger partial charge in [-0.05, 0) is 61.9 Å². The summed E-state index contributed by atoms with van der Waals surface area (Å²) in [6.45, 7) is 5.08. The Hall–Kier alpha value is -3.55. The largest absolute Gasteiger partial charge is 0.493 e. The van der Waals surface area contributed by atoms with Gasteiger partial charge >= 0.3 is 6.03 Å².